The number of carbonyl (C=O) groups is 1. The number of halogens is 2. The van der Waals surface area contributed by atoms with Gasteiger partial charge in [0.1, 0.15) is 16.7 Å². The molecular formula is C22H22F2N4OS. The maximum absolute atomic E-state index is 13.4. The number of piperidine rings is 1. The van der Waals surface area contributed by atoms with Crippen molar-refractivity contribution in [2.24, 2.45) is 9.98 Å². The number of hydrogen-bond acceptors (Lipinski definition) is 5. The van der Waals surface area contributed by atoms with Gasteiger partial charge in [-0.25, -0.2) is 13.8 Å². The van der Waals surface area contributed by atoms with Gasteiger partial charge >= 0.3 is 0 Å². The van der Waals surface area contributed by atoms with Crippen LogP contribution in [0.25, 0.3) is 0 Å². The van der Waals surface area contributed by atoms with Crippen molar-refractivity contribution >= 4 is 34.1 Å². The number of nitrogens with one attached hydrogen (secondary N) is 1. The van der Waals surface area contributed by atoms with Crippen molar-refractivity contribution in [2.75, 3.05) is 31.2 Å². The summed E-state index contributed by atoms with van der Waals surface area (Å²) in [6, 6.07) is 11.9. The predicted octanol–water partition coefficient (Wildman–Crippen LogP) is 3.96. The van der Waals surface area contributed by atoms with Crippen molar-refractivity contribution in [3.8, 4) is 0 Å². The van der Waals surface area contributed by atoms with Crippen molar-refractivity contribution in [1.29, 1.82) is 0 Å². The Bertz CT molecular complexity index is 998. The molecule has 1 amide bonds. The van der Waals surface area contributed by atoms with Gasteiger partial charge in [-0.1, -0.05) is 17.8 Å². The van der Waals surface area contributed by atoms with Gasteiger partial charge in [-0.2, -0.15) is 0 Å². The fraction of sp³-hybridized carbons (Fsp3) is 0.318. The number of aliphatic imine (C=N–C) groups is 2. The van der Waals surface area contributed by atoms with Crippen LogP contribution < -0.4 is 5.32 Å². The van der Waals surface area contributed by atoms with Crippen molar-refractivity contribution in [3.63, 3.8) is 0 Å². The molecule has 0 aromatic heterocycles. The summed E-state index contributed by atoms with van der Waals surface area (Å²) in [5, 5.41) is 3.38. The third kappa shape index (κ3) is 4.76. The molecule has 1 fully saturated rings. The molecule has 2 aromatic carbocycles. The van der Waals surface area contributed by atoms with E-state index in [0.717, 1.165) is 31.5 Å². The molecule has 1 spiro atoms. The molecular weight excluding hydrogens is 406 g/mol. The average molecular weight is 429 g/mol. The smallest absolute Gasteiger partial charge is 0.234 e. The highest BCUT2D eigenvalue weighted by atomic mass is 32.2. The molecule has 0 atom stereocenters. The van der Waals surface area contributed by atoms with Crippen LogP contribution >= 0.6 is 11.8 Å². The summed E-state index contributed by atoms with van der Waals surface area (Å²) in [6.07, 6.45) is 1.60. The Balaban J connectivity index is 1.51. The van der Waals surface area contributed by atoms with Crippen LogP contribution in [-0.4, -0.2) is 53.1 Å². The normalized spacial score (nSPS) is 18.2. The Kier molecular flexibility index (Phi) is 5.97. The molecule has 0 bridgehead atoms. The first-order valence-corrected chi connectivity index (χ1v) is 10.7. The summed E-state index contributed by atoms with van der Waals surface area (Å²) in [5.41, 5.74) is 1.37. The molecule has 0 saturated carbocycles. The molecule has 30 heavy (non-hydrogen) atoms. The van der Waals surface area contributed by atoms with E-state index in [1.54, 1.807) is 24.3 Å². The molecule has 8 heteroatoms. The SMILES string of the molecule is CN1CCC2(CC1)N=C(SCC(=O)Nc1cccc(F)c1)C(c1ccc(F)cc1)=N2. The predicted molar refractivity (Wildman–Crippen MR) is 117 cm³/mol. The van der Waals surface area contributed by atoms with Gasteiger partial charge in [0.2, 0.25) is 5.91 Å². The minimum absolute atomic E-state index is 0.117. The number of benzene rings is 2. The van der Waals surface area contributed by atoms with E-state index in [1.807, 2.05) is 0 Å². The van der Waals surface area contributed by atoms with Crippen LogP contribution in [0.3, 0.4) is 0 Å². The number of anilines is 1. The molecule has 4 rings (SSSR count). The largest absolute Gasteiger partial charge is 0.325 e. The van der Waals surface area contributed by atoms with E-state index in [1.165, 1.54) is 36.0 Å². The topological polar surface area (TPSA) is 57.1 Å². The Labute approximate surface area is 178 Å². The number of nitrogens with zero attached hydrogens (tertiary/aromatic N) is 3. The Morgan fingerprint density at radius 1 is 1.10 bits per heavy atom. The maximum Gasteiger partial charge on any atom is 0.234 e. The Hall–Kier alpha value is -2.58. The molecule has 2 aliphatic rings. The molecule has 2 heterocycles. The average Bonchev–Trinajstić information content (AvgIpc) is 3.08. The molecule has 0 aliphatic carbocycles. The third-order valence-corrected chi connectivity index (χ3v) is 6.15. The number of rotatable bonds is 4. The second-order valence-electron chi connectivity index (χ2n) is 7.52. The molecule has 2 aromatic rings. The number of thioether (sulfide) groups is 1. The first-order chi connectivity index (χ1) is 14.4. The summed E-state index contributed by atoms with van der Waals surface area (Å²) < 4.78 is 26.7. The number of hydrogen-bond donors (Lipinski definition) is 1. The summed E-state index contributed by atoms with van der Waals surface area (Å²) in [5.74, 6) is -0.857. The van der Waals surface area contributed by atoms with E-state index in [9.17, 15) is 13.6 Å². The number of likely N-dealkylation sites (tertiary alicyclic amines) is 1. The van der Waals surface area contributed by atoms with E-state index in [4.69, 9.17) is 9.98 Å². The zero-order valence-corrected chi connectivity index (χ0v) is 17.4. The van der Waals surface area contributed by atoms with Crippen molar-refractivity contribution < 1.29 is 13.6 Å². The van der Waals surface area contributed by atoms with E-state index < -0.39 is 11.5 Å². The number of carbonyl (C=O) groups excluding carboxylic acids is 1. The lowest BCUT2D eigenvalue weighted by Gasteiger charge is -2.33. The summed E-state index contributed by atoms with van der Waals surface area (Å²) >= 11 is 1.30. The van der Waals surface area contributed by atoms with Gasteiger partial charge in [-0.15, -0.1) is 0 Å². The van der Waals surface area contributed by atoms with Crippen molar-refractivity contribution in [2.45, 2.75) is 18.5 Å². The zero-order valence-electron chi connectivity index (χ0n) is 16.6. The first-order valence-electron chi connectivity index (χ1n) is 9.75. The molecule has 5 nitrogen and oxygen atoms in total. The van der Waals surface area contributed by atoms with Gasteiger partial charge in [0.25, 0.3) is 0 Å². The van der Waals surface area contributed by atoms with Crippen LogP contribution in [0.5, 0.6) is 0 Å². The lowest BCUT2D eigenvalue weighted by Crippen LogP contribution is -2.39. The summed E-state index contributed by atoms with van der Waals surface area (Å²) in [7, 11) is 2.07. The molecule has 2 aliphatic heterocycles. The standard InChI is InChI=1S/C22H22F2N4OS/c1-28-11-9-22(10-12-28)26-20(15-5-7-16(23)8-6-15)21(27-22)30-14-19(29)25-18-4-2-3-17(24)13-18/h2-8,13H,9-12,14H2,1H3,(H,25,29). The summed E-state index contributed by atoms with van der Waals surface area (Å²) in [6.45, 7) is 1.78. The number of amides is 1. The summed E-state index contributed by atoms with van der Waals surface area (Å²) in [4.78, 5) is 24.4. The van der Waals surface area contributed by atoms with Gasteiger partial charge in [0, 0.05) is 37.2 Å². The maximum atomic E-state index is 13.4. The van der Waals surface area contributed by atoms with Crippen LogP contribution in [-0.2, 0) is 4.79 Å². The molecule has 1 N–H and O–H groups in total. The lowest BCUT2D eigenvalue weighted by molar-refractivity contribution is -0.113. The van der Waals surface area contributed by atoms with Gasteiger partial charge in [0.05, 0.1) is 11.5 Å². The van der Waals surface area contributed by atoms with E-state index >= 15 is 0 Å². The van der Waals surface area contributed by atoms with Gasteiger partial charge in [-0.05, 0) is 49.5 Å². The Morgan fingerprint density at radius 2 is 1.83 bits per heavy atom. The van der Waals surface area contributed by atoms with Crippen molar-refractivity contribution in [1.82, 2.24) is 4.90 Å². The Morgan fingerprint density at radius 3 is 2.53 bits per heavy atom. The third-order valence-electron chi connectivity index (χ3n) is 5.19. The van der Waals surface area contributed by atoms with Crippen LogP contribution in [0.1, 0.15) is 18.4 Å². The zero-order chi connectivity index (χ0) is 21.1. The van der Waals surface area contributed by atoms with E-state index in [-0.39, 0.29) is 17.5 Å². The minimum Gasteiger partial charge on any atom is -0.325 e. The monoisotopic (exact) mass is 428 g/mol. The molecule has 0 unspecified atom stereocenters. The van der Waals surface area contributed by atoms with Crippen molar-refractivity contribution in [3.05, 3.63) is 65.7 Å². The van der Waals surface area contributed by atoms with Crippen LogP contribution in [0.2, 0.25) is 0 Å². The first kappa shape index (κ1) is 20.7. The highest BCUT2D eigenvalue weighted by molar-refractivity contribution is 8.16. The fourth-order valence-electron chi connectivity index (χ4n) is 3.52. The second kappa shape index (κ2) is 8.65. The lowest BCUT2D eigenvalue weighted by atomic mass is 9.99. The highest BCUT2D eigenvalue weighted by Crippen LogP contribution is 2.35. The fourth-order valence-corrected chi connectivity index (χ4v) is 4.39. The van der Waals surface area contributed by atoms with Gasteiger partial charge < -0.3 is 10.2 Å². The van der Waals surface area contributed by atoms with Crippen LogP contribution in [0.15, 0.2) is 58.5 Å². The highest BCUT2D eigenvalue weighted by Gasteiger charge is 2.39. The second-order valence-corrected chi connectivity index (χ2v) is 8.48. The van der Waals surface area contributed by atoms with Crippen LogP contribution in [0.4, 0.5) is 14.5 Å². The molecule has 1 saturated heterocycles. The quantitative estimate of drug-likeness (QED) is 0.802. The van der Waals surface area contributed by atoms with Crippen LogP contribution in [0, 0.1) is 11.6 Å². The van der Waals surface area contributed by atoms with E-state index in [2.05, 4.69) is 17.3 Å². The molecule has 156 valence electrons. The van der Waals surface area contributed by atoms with Gasteiger partial charge in [-0.3, -0.25) is 9.79 Å². The van der Waals surface area contributed by atoms with E-state index in [0.29, 0.717) is 16.4 Å². The van der Waals surface area contributed by atoms with Gasteiger partial charge in [0.15, 0.2) is 5.66 Å². The minimum atomic E-state index is -0.516. The molecule has 0 radical (unpaired) electrons.